The lowest BCUT2D eigenvalue weighted by molar-refractivity contribution is -0.120. The molecule has 1 unspecified atom stereocenters. The third-order valence-corrected chi connectivity index (χ3v) is 7.07. The zero-order valence-corrected chi connectivity index (χ0v) is 20.0. The van der Waals surface area contributed by atoms with E-state index in [4.69, 9.17) is 4.74 Å². The van der Waals surface area contributed by atoms with Crippen molar-refractivity contribution in [3.8, 4) is 5.75 Å². The normalized spacial score (nSPS) is 12.1. The quantitative estimate of drug-likeness (QED) is 0.463. The number of nitrogens with one attached hydrogen (secondary N) is 1. The predicted octanol–water partition coefficient (Wildman–Crippen LogP) is 4.86. The average Bonchev–Trinajstić information content (AvgIpc) is 2.83. The van der Waals surface area contributed by atoms with Gasteiger partial charge < -0.3 is 10.1 Å². The van der Waals surface area contributed by atoms with Crippen molar-refractivity contribution in [2.45, 2.75) is 38.1 Å². The van der Waals surface area contributed by atoms with Gasteiger partial charge in [0.05, 0.1) is 23.2 Å². The summed E-state index contributed by atoms with van der Waals surface area (Å²) in [7, 11) is -3.98. The Morgan fingerprint density at radius 2 is 1.58 bits per heavy atom. The van der Waals surface area contributed by atoms with Crippen LogP contribution in [0.4, 0.5) is 5.69 Å². The molecule has 0 aliphatic rings. The van der Waals surface area contributed by atoms with Crippen molar-refractivity contribution in [1.82, 2.24) is 5.32 Å². The summed E-state index contributed by atoms with van der Waals surface area (Å²) in [6, 6.07) is 22.7. The minimum absolute atomic E-state index is 0.0921. The Hall–Kier alpha value is -3.32. The highest BCUT2D eigenvalue weighted by atomic mass is 32.2. The summed E-state index contributed by atoms with van der Waals surface area (Å²) in [6.07, 6.45) is 0.686. The van der Waals surface area contributed by atoms with Gasteiger partial charge in [0.2, 0.25) is 5.91 Å². The largest absolute Gasteiger partial charge is 0.494 e. The maximum absolute atomic E-state index is 13.6. The molecule has 1 N–H and O–H groups in total. The molecule has 0 saturated carbocycles. The van der Waals surface area contributed by atoms with Crippen molar-refractivity contribution < 1.29 is 17.9 Å². The number of aryl methyl sites for hydroxylation is 1. The first-order chi connectivity index (χ1) is 15.8. The molecule has 0 aromatic heterocycles. The molecule has 0 fully saturated rings. The number of hydrogen-bond acceptors (Lipinski definition) is 4. The number of ether oxygens (including phenoxy) is 1. The lowest BCUT2D eigenvalue weighted by Gasteiger charge is -2.26. The van der Waals surface area contributed by atoms with Crippen LogP contribution in [0.1, 0.15) is 37.4 Å². The Bertz CT molecular complexity index is 1150. The molecule has 33 heavy (non-hydrogen) atoms. The van der Waals surface area contributed by atoms with Gasteiger partial charge >= 0.3 is 0 Å². The van der Waals surface area contributed by atoms with Crippen LogP contribution in [0.15, 0.2) is 83.8 Å². The molecule has 1 atom stereocenters. The Morgan fingerprint density at radius 1 is 0.939 bits per heavy atom. The SMILES string of the molecule is CCOc1ccc(S(=O)(=O)N(CC(=O)NC(CC)c2ccccc2)c2ccc(C)cc2)cc1. The summed E-state index contributed by atoms with van der Waals surface area (Å²) in [5.41, 5.74) is 2.40. The van der Waals surface area contributed by atoms with Gasteiger partial charge in [0.1, 0.15) is 12.3 Å². The number of nitrogens with zero attached hydrogens (tertiary/aromatic N) is 1. The maximum Gasteiger partial charge on any atom is 0.264 e. The van der Waals surface area contributed by atoms with Crippen molar-refractivity contribution in [2.75, 3.05) is 17.5 Å². The van der Waals surface area contributed by atoms with E-state index in [1.807, 2.05) is 63.2 Å². The molecule has 0 heterocycles. The van der Waals surface area contributed by atoms with Crippen LogP contribution in [-0.4, -0.2) is 27.5 Å². The Morgan fingerprint density at radius 3 is 2.15 bits per heavy atom. The van der Waals surface area contributed by atoms with E-state index in [1.54, 1.807) is 24.3 Å². The van der Waals surface area contributed by atoms with E-state index in [1.165, 1.54) is 12.1 Å². The number of rotatable bonds is 10. The molecule has 1 amide bonds. The number of amides is 1. The monoisotopic (exact) mass is 466 g/mol. The fraction of sp³-hybridized carbons (Fsp3) is 0.269. The number of sulfonamides is 1. The van der Waals surface area contributed by atoms with Crippen molar-refractivity contribution in [1.29, 1.82) is 0 Å². The lowest BCUT2D eigenvalue weighted by Crippen LogP contribution is -2.42. The molecule has 0 aliphatic heterocycles. The smallest absolute Gasteiger partial charge is 0.264 e. The van der Waals surface area contributed by atoms with E-state index in [2.05, 4.69) is 5.32 Å². The van der Waals surface area contributed by atoms with Crippen molar-refractivity contribution in [3.05, 3.63) is 90.0 Å². The molecule has 0 radical (unpaired) electrons. The lowest BCUT2D eigenvalue weighted by atomic mass is 10.0. The van der Waals surface area contributed by atoms with Gasteiger partial charge in [-0.1, -0.05) is 55.0 Å². The third kappa shape index (κ3) is 6.14. The molecule has 0 spiro atoms. The van der Waals surface area contributed by atoms with Crippen LogP contribution in [0.5, 0.6) is 5.75 Å². The minimum atomic E-state index is -3.98. The molecule has 3 rings (SSSR count). The number of carbonyl (C=O) groups excluding carboxylic acids is 1. The highest BCUT2D eigenvalue weighted by molar-refractivity contribution is 7.92. The van der Waals surface area contributed by atoms with E-state index in [0.29, 0.717) is 24.5 Å². The molecule has 174 valence electrons. The third-order valence-electron chi connectivity index (χ3n) is 5.28. The summed E-state index contributed by atoms with van der Waals surface area (Å²) in [4.78, 5) is 13.1. The van der Waals surface area contributed by atoms with E-state index in [-0.39, 0.29) is 23.4 Å². The molecule has 3 aromatic carbocycles. The highest BCUT2D eigenvalue weighted by Crippen LogP contribution is 2.26. The Labute approximate surface area is 196 Å². The topological polar surface area (TPSA) is 75.7 Å². The summed E-state index contributed by atoms with van der Waals surface area (Å²) in [5.74, 6) is 0.213. The van der Waals surface area contributed by atoms with E-state index in [0.717, 1.165) is 15.4 Å². The van der Waals surface area contributed by atoms with E-state index < -0.39 is 10.0 Å². The Kier molecular flexibility index (Phi) is 8.11. The van der Waals surface area contributed by atoms with Gasteiger partial charge in [-0.25, -0.2) is 8.42 Å². The number of carbonyl (C=O) groups is 1. The molecule has 3 aromatic rings. The van der Waals surface area contributed by atoms with Crippen molar-refractivity contribution in [2.24, 2.45) is 0 Å². The summed E-state index contributed by atoms with van der Waals surface area (Å²) < 4.78 is 33.7. The van der Waals surface area contributed by atoms with Crippen LogP contribution in [0, 0.1) is 6.92 Å². The number of benzene rings is 3. The first-order valence-corrected chi connectivity index (χ1v) is 12.5. The van der Waals surface area contributed by atoms with Crippen LogP contribution in [0.2, 0.25) is 0 Å². The first-order valence-electron chi connectivity index (χ1n) is 11.0. The van der Waals surface area contributed by atoms with Crippen LogP contribution in [-0.2, 0) is 14.8 Å². The fourth-order valence-electron chi connectivity index (χ4n) is 3.50. The zero-order valence-electron chi connectivity index (χ0n) is 19.2. The first kappa shape index (κ1) is 24.3. The molecule has 6 nitrogen and oxygen atoms in total. The second-order valence-electron chi connectivity index (χ2n) is 7.69. The molecule has 0 bridgehead atoms. The summed E-state index contributed by atoms with van der Waals surface area (Å²) >= 11 is 0. The van der Waals surface area contributed by atoms with Gasteiger partial charge in [-0.2, -0.15) is 0 Å². The molecule has 0 saturated heterocycles. The van der Waals surface area contributed by atoms with Crippen molar-refractivity contribution in [3.63, 3.8) is 0 Å². The molecular weight excluding hydrogens is 436 g/mol. The average molecular weight is 467 g/mol. The van der Waals surface area contributed by atoms with Gasteiger partial charge in [0.25, 0.3) is 10.0 Å². The number of anilines is 1. The summed E-state index contributed by atoms with van der Waals surface area (Å²) in [6.45, 7) is 5.92. The standard InChI is InChI=1S/C26H30N2O4S/c1-4-25(21-9-7-6-8-10-21)27-26(29)19-28(22-13-11-20(3)12-14-22)33(30,31)24-17-15-23(16-18-24)32-5-2/h6-18,25H,4-5,19H2,1-3H3,(H,27,29). The van der Waals surface area contributed by atoms with Crippen molar-refractivity contribution >= 4 is 21.6 Å². The van der Waals surface area contributed by atoms with Gasteiger partial charge in [0, 0.05) is 0 Å². The van der Waals surface area contributed by atoms with E-state index in [9.17, 15) is 13.2 Å². The maximum atomic E-state index is 13.6. The Balaban J connectivity index is 1.89. The predicted molar refractivity (Wildman–Crippen MR) is 131 cm³/mol. The number of hydrogen-bond donors (Lipinski definition) is 1. The van der Waals surface area contributed by atoms with Gasteiger partial charge in [-0.15, -0.1) is 0 Å². The van der Waals surface area contributed by atoms with Gasteiger partial charge in [-0.05, 0) is 62.2 Å². The van der Waals surface area contributed by atoms with E-state index >= 15 is 0 Å². The fourth-order valence-corrected chi connectivity index (χ4v) is 4.93. The van der Waals surface area contributed by atoms with Crippen LogP contribution >= 0.6 is 0 Å². The zero-order chi connectivity index (χ0) is 23.8. The highest BCUT2D eigenvalue weighted by Gasteiger charge is 2.28. The minimum Gasteiger partial charge on any atom is -0.494 e. The van der Waals surface area contributed by atoms with Crippen LogP contribution in [0.25, 0.3) is 0 Å². The molecule has 7 heteroatoms. The van der Waals surface area contributed by atoms with Gasteiger partial charge in [-0.3, -0.25) is 9.10 Å². The molecule has 0 aliphatic carbocycles. The van der Waals surface area contributed by atoms with Gasteiger partial charge in [0.15, 0.2) is 0 Å². The summed E-state index contributed by atoms with van der Waals surface area (Å²) in [5, 5.41) is 2.98. The second-order valence-corrected chi connectivity index (χ2v) is 9.55. The van der Waals surface area contributed by atoms with Crippen LogP contribution < -0.4 is 14.4 Å². The second kappa shape index (κ2) is 11.0. The molecular formula is C26H30N2O4S. The van der Waals surface area contributed by atoms with Crippen LogP contribution in [0.3, 0.4) is 0 Å².